The summed E-state index contributed by atoms with van der Waals surface area (Å²) in [6.07, 6.45) is 1.83. The van der Waals surface area contributed by atoms with E-state index in [0.717, 1.165) is 40.3 Å². The van der Waals surface area contributed by atoms with Crippen LogP contribution in [0.3, 0.4) is 0 Å². The van der Waals surface area contributed by atoms with Gasteiger partial charge in [-0.2, -0.15) is 0 Å². The third-order valence-corrected chi connectivity index (χ3v) is 4.47. The first kappa shape index (κ1) is 17.5. The highest BCUT2D eigenvalue weighted by Crippen LogP contribution is 2.27. The van der Waals surface area contributed by atoms with Crippen LogP contribution in [0.2, 0.25) is 0 Å². The third-order valence-electron chi connectivity index (χ3n) is 3.98. The highest BCUT2D eigenvalue weighted by molar-refractivity contribution is 9.10. The smallest absolute Gasteiger partial charge is 0.128 e. The lowest BCUT2D eigenvalue weighted by molar-refractivity contribution is 0.302. The quantitative estimate of drug-likeness (QED) is 0.530. The van der Waals surface area contributed by atoms with Gasteiger partial charge in [-0.1, -0.05) is 52.3 Å². The molecule has 128 valence electrons. The molecule has 0 fully saturated rings. The lowest BCUT2D eigenvalue weighted by atomic mass is 10.1. The zero-order chi connectivity index (χ0) is 17.5. The summed E-state index contributed by atoms with van der Waals surface area (Å²) in [4.78, 5) is 6.70. The van der Waals surface area contributed by atoms with Crippen molar-refractivity contribution in [3.8, 4) is 5.75 Å². The van der Waals surface area contributed by atoms with Crippen molar-refractivity contribution in [3.05, 3.63) is 88.5 Å². The Balaban J connectivity index is 1.79. The Morgan fingerprint density at radius 3 is 2.52 bits per heavy atom. The first-order valence-electron chi connectivity index (χ1n) is 8.37. The lowest BCUT2D eigenvalue weighted by Crippen LogP contribution is -2.23. The molecule has 0 aliphatic rings. The van der Waals surface area contributed by atoms with E-state index < -0.39 is 0 Å². The predicted molar refractivity (Wildman–Crippen MR) is 106 cm³/mol. The SMILES string of the molecule is CCN(Cc1cc(Br)ccc1OCc1ccccc1)c1ccccn1. The van der Waals surface area contributed by atoms with Crippen LogP contribution in [0.1, 0.15) is 18.1 Å². The fraction of sp³-hybridized carbons (Fsp3) is 0.190. The first-order chi connectivity index (χ1) is 12.3. The Hall–Kier alpha value is -2.33. The number of halogens is 1. The third kappa shape index (κ3) is 4.83. The van der Waals surface area contributed by atoms with Gasteiger partial charge in [-0.25, -0.2) is 4.98 Å². The molecule has 0 radical (unpaired) electrons. The second-order valence-corrected chi connectivity index (χ2v) is 6.64. The van der Waals surface area contributed by atoms with Crippen molar-refractivity contribution in [2.45, 2.75) is 20.1 Å². The number of ether oxygens (including phenoxy) is 1. The molecule has 3 nitrogen and oxygen atoms in total. The molecule has 0 saturated carbocycles. The number of benzene rings is 2. The predicted octanol–water partition coefficient (Wildman–Crippen LogP) is 5.45. The standard InChI is InChI=1S/C21H21BrN2O/c1-2-24(21-10-6-7-13-23-21)15-18-14-19(22)11-12-20(18)25-16-17-8-4-3-5-9-17/h3-14H,2,15-16H2,1H3. The number of hydrogen-bond donors (Lipinski definition) is 0. The number of anilines is 1. The van der Waals surface area contributed by atoms with Crippen molar-refractivity contribution < 1.29 is 4.74 Å². The zero-order valence-corrected chi connectivity index (χ0v) is 15.8. The molecule has 4 heteroatoms. The van der Waals surface area contributed by atoms with Gasteiger partial charge in [-0.05, 0) is 42.8 Å². The molecular formula is C21H21BrN2O. The van der Waals surface area contributed by atoms with E-state index >= 15 is 0 Å². The van der Waals surface area contributed by atoms with Gasteiger partial charge in [-0.15, -0.1) is 0 Å². The molecule has 3 aromatic rings. The maximum Gasteiger partial charge on any atom is 0.128 e. The molecule has 0 atom stereocenters. The van der Waals surface area contributed by atoms with Gasteiger partial charge in [0.15, 0.2) is 0 Å². The highest BCUT2D eigenvalue weighted by atomic mass is 79.9. The minimum absolute atomic E-state index is 0.561. The summed E-state index contributed by atoms with van der Waals surface area (Å²) in [7, 11) is 0. The molecule has 0 saturated heterocycles. The van der Waals surface area contributed by atoms with Crippen LogP contribution in [-0.2, 0) is 13.2 Å². The van der Waals surface area contributed by atoms with Gasteiger partial charge in [0.1, 0.15) is 18.2 Å². The highest BCUT2D eigenvalue weighted by Gasteiger charge is 2.11. The van der Waals surface area contributed by atoms with E-state index in [-0.39, 0.29) is 0 Å². The van der Waals surface area contributed by atoms with Crippen molar-refractivity contribution in [3.63, 3.8) is 0 Å². The van der Waals surface area contributed by atoms with Gasteiger partial charge in [-0.3, -0.25) is 0 Å². The maximum atomic E-state index is 6.09. The summed E-state index contributed by atoms with van der Waals surface area (Å²) < 4.78 is 7.14. The number of rotatable bonds is 7. The van der Waals surface area contributed by atoms with Crippen LogP contribution in [0.4, 0.5) is 5.82 Å². The average Bonchev–Trinajstić information content (AvgIpc) is 2.67. The van der Waals surface area contributed by atoms with E-state index in [9.17, 15) is 0 Å². The Morgan fingerprint density at radius 2 is 1.80 bits per heavy atom. The summed E-state index contributed by atoms with van der Waals surface area (Å²) in [6, 6.07) is 22.4. The molecule has 1 heterocycles. The molecule has 0 bridgehead atoms. The van der Waals surface area contributed by atoms with Gasteiger partial charge in [0.2, 0.25) is 0 Å². The molecule has 2 aromatic carbocycles. The summed E-state index contributed by atoms with van der Waals surface area (Å²) in [5, 5.41) is 0. The molecule has 0 aliphatic carbocycles. The second kappa shape index (κ2) is 8.67. The van der Waals surface area contributed by atoms with E-state index in [0.29, 0.717) is 6.61 Å². The lowest BCUT2D eigenvalue weighted by Gasteiger charge is -2.23. The topological polar surface area (TPSA) is 25.4 Å². The zero-order valence-electron chi connectivity index (χ0n) is 14.2. The Bertz CT molecular complexity index is 794. The van der Waals surface area contributed by atoms with Crippen LogP contribution in [-0.4, -0.2) is 11.5 Å². The number of nitrogens with zero attached hydrogens (tertiary/aromatic N) is 2. The van der Waals surface area contributed by atoms with Crippen molar-refractivity contribution in [1.29, 1.82) is 0 Å². The summed E-state index contributed by atoms with van der Waals surface area (Å²) in [5.41, 5.74) is 2.30. The summed E-state index contributed by atoms with van der Waals surface area (Å²) in [6.45, 7) is 4.32. The monoisotopic (exact) mass is 396 g/mol. The van der Waals surface area contributed by atoms with E-state index in [1.807, 2.05) is 54.7 Å². The van der Waals surface area contributed by atoms with Gasteiger partial charge in [0, 0.05) is 29.3 Å². The number of hydrogen-bond acceptors (Lipinski definition) is 3. The molecule has 0 spiro atoms. The minimum atomic E-state index is 0.561. The van der Waals surface area contributed by atoms with Crippen molar-refractivity contribution in [2.75, 3.05) is 11.4 Å². The number of pyridine rings is 1. The molecule has 1 aromatic heterocycles. The fourth-order valence-electron chi connectivity index (χ4n) is 2.65. The van der Waals surface area contributed by atoms with E-state index in [1.165, 1.54) is 0 Å². The number of aromatic nitrogens is 1. The summed E-state index contributed by atoms with van der Waals surface area (Å²) in [5.74, 6) is 1.88. The van der Waals surface area contributed by atoms with E-state index in [4.69, 9.17) is 4.74 Å². The Morgan fingerprint density at radius 1 is 1.00 bits per heavy atom. The molecule has 0 N–H and O–H groups in total. The molecule has 0 aliphatic heterocycles. The van der Waals surface area contributed by atoms with Crippen LogP contribution in [0.15, 0.2) is 77.4 Å². The first-order valence-corrected chi connectivity index (χ1v) is 9.16. The normalized spacial score (nSPS) is 10.5. The summed E-state index contributed by atoms with van der Waals surface area (Å²) >= 11 is 3.57. The fourth-order valence-corrected chi connectivity index (χ4v) is 3.06. The molecule has 25 heavy (non-hydrogen) atoms. The molecule has 0 amide bonds. The van der Waals surface area contributed by atoms with Crippen LogP contribution < -0.4 is 9.64 Å². The Labute approximate surface area is 157 Å². The largest absolute Gasteiger partial charge is 0.489 e. The van der Waals surface area contributed by atoms with Crippen LogP contribution in [0, 0.1) is 0 Å². The maximum absolute atomic E-state index is 6.09. The molecular weight excluding hydrogens is 376 g/mol. The van der Waals surface area contributed by atoms with Crippen LogP contribution in [0.5, 0.6) is 5.75 Å². The van der Waals surface area contributed by atoms with Crippen molar-refractivity contribution >= 4 is 21.7 Å². The van der Waals surface area contributed by atoms with Crippen molar-refractivity contribution in [1.82, 2.24) is 4.98 Å². The molecule has 0 unspecified atom stereocenters. The van der Waals surface area contributed by atoms with Crippen molar-refractivity contribution in [2.24, 2.45) is 0 Å². The van der Waals surface area contributed by atoms with Crippen LogP contribution >= 0.6 is 15.9 Å². The minimum Gasteiger partial charge on any atom is -0.489 e. The second-order valence-electron chi connectivity index (χ2n) is 5.73. The van der Waals surface area contributed by atoms with Gasteiger partial charge in [0.25, 0.3) is 0 Å². The van der Waals surface area contributed by atoms with Gasteiger partial charge in [0.05, 0.1) is 0 Å². The van der Waals surface area contributed by atoms with E-state index in [1.54, 1.807) is 0 Å². The van der Waals surface area contributed by atoms with Gasteiger partial charge >= 0.3 is 0 Å². The average molecular weight is 397 g/mol. The van der Waals surface area contributed by atoms with E-state index in [2.05, 4.69) is 50.9 Å². The Kier molecular flexibility index (Phi) is 6.07. The van der Waals surface area contributed by atoms with Gasteiger partial charge < -0.3 is 9.64 Å². The molecule has 3 rings (SSSR count). The van der Waals surface area contributed by atoms with Crippen LogP contribution in [0.25, 0.3) is 0 Å².